The first-order valence-corrected chi connectivity index (χ1v) is 11.0. The van der Waals surface area contributed by atoms with E-state index in [4.69, 9.17) is 4.74 Å². The molecule has 0 heterocycles. The van der Waals surface area contributed by atoms with Gasteiger partial charge in [-0.15, -0.1) is 0 Å². The Balaban J connectivity index is 1.69. The second-order valence-electron chi connectivity index (χ2n) is 8.48. The zero-order chi connectivity index (χ0) is 24.2. The van der Waals surface area contributed by atoms with Crippen LogP contribution in [0.15, 0.2) is 36.4 Å². The molecule has 33 heavy (non-hydrogen) atoms. The minimum Gasteiger partial charge on any atom is -0.494 e. The second kappa shape index (κ2) is 10.5. The Morgan fingerprint density at radius 2 is 1.91 bits per heavy atom. The maximum Gasteiger partial charge on any atom is 0.416 e. The fourth-order valence-electron chi connectivity index (χ4n) is 4.50. The molecule has 1 N–H and O–H groups in total. The summed E-state index contributed by atoms with van der Waals surface area (Å²) in [4.78, 5) is 11.4. The lowest BCUT2D eigenvalue weighted by Gasteiger charge is -2.21. The first-order chi connectivity index (χ1) is 15.6. The number of esters is 1. The Kier molecular flexibility index (Phi) is 8.00. The number of ether oxygens (including phenoxy) is 2. The molecule has 1 aliphatic carbocycles. The van der Waals surface area contributed by atoms with E-state index in [-0.39, 0.29) is 42.2 Å². The average molecular weight is 468 g/mol. The molecule has 0 amide bonds. The molecule has 1 fully saturated rings. The smallest absolute Gasteiger partial charge is 0.416 e. The van der Waals surface area contributed by atoms with Crippen LogP contribution in [-0.4, -0.2) is 26.2 Å². The fraction of sp³-hybridized carbons (Fsp3) is 0.480. The number of carbonyl (C=O) groups is 1. The van der Waals surface area contributed by atoms with Gasteiger partial charge in [0.1, 0.15) is 0 Å². The molecule has 0 aromatic heterocycles. The van der Waals surface area contributed by atoms with E-state index in [9.17, 15) is 22.4 Å². The van der Waals surface area contributed by atoms with Gasteiger partial charge in [0.2, 0.25) is 0 Å². The molecule has 180 valence electrons. The summed E-state index contributed by atoms with van der Waals surface area (Å²) in [5.74, 6) is -0.777. The van der Waals surface area contributed by atoms with Crippen molar-refractivity contribution in [2.24, 2.45) is 0 Å². The molecule has 3 atom stereocenters. The number of halogens is 4. The monoisotopic (exact) mass is 467 g/mol. The van der Waals surface area contributed by atoms with Crippen molar-refractivity contribution in [2.45, 2.75) is 63.2 Å². The predicted octanol–water partition coefficient (Wildman–Crippen LogP) is 5.95. The van der Waals surface area contributed by atoms with Crippen LogP contribution >= 0.6 is 0 Å². The van der Waals surface area contributed by atoms with Crippen LogP contribution in [0.1, 0.15) is 66.8 Å². The van der Waals surface area contributed by atoms with Crippen molar-refractivity contribution >= 4 is 5.97 Å². The van der Waals surface area contributed by atoms with Crippen molar-refractivity contribution in [3.05, 3.63) is 64.5 Å². The summed E-state index contributed by atoms with van der Waals surface area (Å²) in [6.07, 6.45) is -2.29. The Hall–Kier alpha value is -2.61. The van der Waals surface area contributed by atoms with E-state index >= 15 is 0 Å². The maximum absolute atomic E-state index is 13.7. The molecule has 0 radical (unpaired) electrons. The molecular formula is C25H29F4NO3. The highest BCUT2D eigenvalue weighted by atomic mass is 19.4. The van der Waals surface area contributed by atoms with Gasteiger partial charge < -0.3 is 14.8 Å². The van der Waals surface area contributed by atoms with Gasteiger partial charge >= 0.3 is 12.1 Å². The summed E-state index contributed by atoms with van der Waals surface area (Å²) < 4.78 is 64.3. The lowest BCUT2D eigenvalue weighted by atomic mass is 9.92. The minimum atomic E-state index is -4.49. The normalized spacial score (nSPS) is 19.4. The molecule has 1 saturated carbocycles. The molecule has 0 unspecified atom stereocenters. The van der Waals surface area contributed by atoms with Gasteiger partial charge in [0.25, 0.3) is 0 Å². The molecule has 1 aliphatic rings. The number of alkyl halides is 3. The summed E-state index contributed by atoms with van der Waals surface area (Å²) in [6.45, 7) is 1.97. The number of benzene rings is 2. The van der Waals surface area contributed by atoms with E-state index in [2.05, 4.69) is 10.1 Å². The van der Waals surface area contributed by atoms with Crippen LogP contribution in [0, 0.1) is 5.82 Å². The Bertz CT molecular complexity index is 977. The van der Waals surface area contributed by atoms with Crippen LogP contribution in [0.3, 0.4) is 0 Å². The van der Waals surface area contributed by atoms with Gasteiger partial charge in [-0.3, -0.25) is 4.79 Å². The molecule has 3 rings (SSSR count). The first-order valence-electron chi connectivity index (χ1n) is 11.0. The number of hydrogen-bond donors (Lipinski definition) is 1. The second-order valence-corrected chi connectivity index (χ2v) is 8.48. The van der Waals surface area contributed by atoms with Crippen molar-refractivity contribution in [1.29, 1.82) is 0 Å². The van der Waals surface area contributed by atoms with Crippen molar-refractivity contribution in [2.75, 3.05) is 14.2 Å². The van der Waals surface area contributed by atoms with Crippen LogP contribution in [-0.2, 0) is 22.1 Å². The molecule has 4 nitrogen and oxygen atoms in total. The largest absolute Gasteiger partial charge is 0.494 e. The summed E-state index contributed by atoms with van der Waals surface area (Å²) in [6, 6.07) is 9.24. The van der Waals surface area contributed by atoms with Crippen molar-refractivity contribution in [3.8, 4) is 5.75 Å². The quantitative estimate of drug-likeness (QED) is 0.385. The molecule has 0 spiro atoms. The predicted molar refractivity (Wildman–Crippen MR) is 117 cm³/mol. The Labute approximate surface area is 191 Å². The zero-order valence-electron chi connectivity index (χ0n) is 19.0. The number of rotatable bonds is 8. The van der Waals surface area contributed by atoms with Crippen LogP contribution in [0.2, 0.25) is 0 Å². The van der Waals surface area contributed by atoms with Crippen LogP contribution in [0.25, 0.3) is 0 Å². The number of carbonyl (C=O) groups excluding carboxylic acids is 1. The molecule has 0 saturated heterocycles. The number of hydrogen-bond acceptors (Lipinski definition) is 4. The van der Waals surface area contributed by atoms with Gasteiger partial charge in [-0.05, 0) is 73.4 Å². The SMILES string of the molecule is COC(=O)CCc1ccc([C@H]2CC[C@@H](N[C@H](C)c3ccc(F)c(OC)c3)C2)cc1C(F)(F)F. The summed E-state index contributed by atoms with van der Waals surface area (Å²) >= 11 is 0. The summed E-state index contributed by atoms with van der Waals surface area (Å²) in [7, 11) is 2.63. The molecule has 0 bridgehead atoms. The van der Waals surface area contributed by atoms with E-state index in [0.717, 1.165) is 18.4 Å². The van der Waals surface area contributed by atoms with Crippen LogP contribution < -0.4 is 10.1 Å². The summed E-state index contributed by atoms with van der Waals surface area (Å²) in [5, 5.41) is 3.51. The highest BCUT2D eigenvalue weighted by molar-refractivity contribution is 5.69. The standard InChI is InChI=1S/C25H29F4NO3/c1-15(17-7-10-22(26)23(14-17)32-2)30-20-9-6-18(12-20)19-5-4-16(8-11-24(31)33-3)21(13-19)25(27,28)29/h4-5,7,10,13-15,18,20,30H,6,8-9,11-12H2,1-3H3/t15-,18+,20-/m1/s1. The zero-order valence-corrected chi connectivity index (χ0v) is 19.0. The van der Waals surface area contributed by atoms with Gasteiger partial charge in [0, 0.05) is 18.5 Å². The average Bonchev–Trinajstić information content (AvgIpc) is 3.25. The molecule has 0 aliphatic heterocycles. The van der Waals surface area contributed by atoms with Gasteiger partial charge in [0.15, 0.2) is 11.6 Å². The minimum absolute atomic E-state index is 0.00760. The Morgan fingerprint density at radius 1 is 1.15 bits per heavy atom. The topological polar surface area (TPSA) is 47.6 Å². The van der Waals surface area contributed by atoms with Gasteiger partial charge in [-0.1, -0.05) is 18.2 Å². The number of aryl methyl sites for hydroxylation is 1. The molecule has 8 heteroatoms. The molecule has 2 aromatic carbocycles. The maximum atomic E-state index is 13.7. The third-order valence-corrected chi connectivity index (χ3v) is 6.33. The molecular weight excluding hydrogens is 438 g/mol. The van der Waals surface area contributed by atoms with Crippen LogP contribution in [0.5, 0.6) is 5.75 Å². The fourth-order valence-corrected chi connectivity index (χ4v) is 4.50. The van der Waals surface area contributed by atoms with Crippen LogP contribution in [0.4, 0.5) is 17.6 Å². The van der Waals surface area contributed by atoms with E-state index in [0.29, 0.717) is 12.0 Å². The van der Waals surface area contributed by atoms with Crippen molar-refractivity contribution in [3.63, 3.8) is 0 Å². The van der Waals surface area contributed by atoms with E-state index < -0.39 is 23.5 Å². The van der Waals surface area contributed by atoms with Crippen molar-refractivity contribution in [1.82, 2.24) is 5.32 Å². The molecule has 2 aromatic rings. The van der Waals surface area contributed by atoms with E-state index in [1.807, 2.05) is 6.92 Å². The van der Waals surface area contributed by atoms with Gasteiger partial charge in [-0.2, -0.15) is 13.2 Å². The number of nitrogens with one attached hydrogen (secondary N) is 1. The van der Waals surface area contributed by atoms with E-state index in [1.54, 1.807) is 18.2 Å². The number of methoxy groups -OCH3 is 2. The lowest BCUT2D eigenvalue weighted by Crippen LogP contribution is -2.29. The highest BCUT2D eigenvalue weighted by Gasteiger charge is 2.35. The van der Waals surface area contributed by atoms with Crippen molar-refractivity contribution < 1.29 is 31.8 Å². The van der Waals surface area contributed by atoms with Gasteiger partial charge in [-0.25, -0.2) is 4.39 Å². The van der Waals surface area contributed by atoms with E-state index in [1.165, 1.54) is 32.4 Å². The van der Waals surface area contributed by atoms with Gasteiger partial charge in [0.05, 0.1) is 19.8 Å². The first kappa shape index (κ1) is 25.0. The third kappa shape index (κ3) is 6.25. The third-order valence-electron chi connectivity index (χ3n) is 6.33. The summed E-state index contributed by atoms with van der Waals surface area (Å²) in [5.41, 5.74) is 0.950. The Morgan fingerprint density at radius 3 is 2.58 bits per heavy atom. The lowest BCUT2D eigenvalue weighted by molar-refractivity contribution is -0.142. The highest BCUT2D eigenvalue weighted by Crippen LogP contribution is 2.40.